The van der Waals surface area contributed by atoms with Gasteiger partial charge in [0.2, 0.25) is 0 Å². The number of amides is 1. The summed E-state index contributed by atoms with van der Waals surface area (Å²) >= 11 is 3.45. The molecule has 156 valence electrons. The Morgan fingerprint density at radius 2 is 1.87 bits per heavy atom. The van der Waals surface area contributed by atoms with Crippen molar-refractivity contribution in [3.05, 3.63) is 64.0 Å². The lowest BCUT2D eigenvalue weighted by Crippen LogP contribution is -2.17. The van der Waals surface area contributed by atoms with Crippen molar-refractivity contribution in [2.45, 2.75) is 6.92 Å². The first kappa shape index (κ1) is 19.5. The number of benzene rings is 2. The van der Waals surface area contributed by atoms with Crippen molar-refractivity contribution in [2.75, 3.05) is 18.5 Å². The summed E-state index contributed by atoms with van der Waals surface area (Å²) in [6.45, 7) is 2.61. The van der Waals surface area contributed by atoms with Crippen molar-refractivity contribution in [2.24, 2.45) is 0 Å². The molecular formula is C22H15BrFN3O4. The van der Waals surface area contributed by atoms with E-state index < -0.39 is 11.7 Å². The van der Waals surface area contributed by atoms with E-state index in [-0.39, 0.29) is 22.5 Å². The predicted molar refractivity (Wildman–Crippen MR) is 115 cm³/mol. The van der Waals surface area contributed by atoms with E-state index in [4.69, 9.17) is 14.0 Å². The first-order chi connectivity index (χ1) is 15.0. The Morgan fingerprint density at radius 1 is 1.13 bits per heavy atom. The first-order valence-electron chi connectivity index (χ1n) is 9.43. The summed E-state index contributed by atoms with van der Waals surface area (Å²) in [6, 6.07) is 11.2. The lowest BCUT2D eigenvalue weighted by molar-refractivity contribution is 0.102. The molecule has 1 amide bonds. The van der Waals surface area contributed by atoms with Crippen LogP contribution in [0.1, 0.15) is 16.1 Å². The smallest absolute Gasteiger partial charge is 0.259 e. The molecule has 0 bridgehead atoms. The van der Waals surface area contributed by atoms with Gasteiger partial charge in [-0.15, -0.1) is 0 Å². The number of rotatable bonds is 3. The minimum atomic E-state index is -0.452. The van der Waals surface area contributed by atoms with Crippen molar-refractivity contribution < 1.29 is 23.2 Å². The summed E-state index contributed by atoms with van der Waals surface area (Å²) in [5.74, 6) is 0.261. The lowest BCUT2D eigenvalue weighted by Gasteiger charge is -2.20. The number of hydrogen-bond acceptors (Lipinski definition) is 6. The van der Waals surface area contributed by atoms with Gasteiger partial charge in [-0.3, -0.25) is 4.79 Å². The maximum Gasteiger partial charge on any atom is 0.259 e. The summed E-state index contributed by atoms with van der Waals surface area (Å²) in [5.41, 5.74) is 1.96. The highest BCUT2D eigenvalue weighted by Gasteiger charge is 2.22. The van der Waals surface area contributed by atoms with Crippen LogP contribution < -0.4 is 14.8 Å². The van der Waals surface area contributed by atoms with Gasteiger partial charge in [0.25, 0.3) is 11.6 Å². The number of hydrogen-bond donors (Lipinski definition) is 1. The van der Waals surface area contributed by atoms with Crippen LogP contribution in [0.3, 0.4) is 0 Å². The molecule has 0 fully saturated rings. The van der Waals surface area contributed by atoms with Crippen molar-refractivity contribution in [1.82, 2.24) is 10.1 Å². The second kappa shape index (κ2) is 7.66. The van der Waals surface area contributed by atoms with Crippen LogP contribution >= 0.6 is 15.9 Å². The van der Waals surface area contributed by atoms with Gasteiger partial charge < -0.3 is 19.3 Å². The van der Waals surface area contributed by atoms with Gasteiger partial charge in [-0.05, 0) is 41.1 Å². The molecule has 4 aromatic rings. The number of carbonyl (C=O) groups excluding carboxylic acids is 1. The number of carbonyl (C=O) groups is 1. The van der Waals surface area contributed by atoms with E-state index in [1.165, 1.54) is 12.1 Å². The van der Waals surface area contributed by atoms with E-state index in [0.717, 1.165) is 0 Å². The standard InChI is InChI=1S/C22H15BrFN3O4/c1-11-20-13(8-16(26-22(20)31-27-11)12-4-2-3-5-15(12)24)21(28)25-17-10-19-18(9-14(17)23)29-6-7-30-19/h2-5,8-10H,6-7H2,1H3,(H,25,28). The summed E-state index contributed by atoms with van der Waals surface area (Å²) < 4.78 is 31.4. The summed E-state index contributed by atoms with van der Waals surface area (Å²) in [7, 11) is 0. The van der Waals surface area contributed by atoms with Gasteiger partial charge in [0.05, 0.1) is 28.0 Å². The zero-order chi connectivity index (χ0) is 21.5. The van der Waals surface area contributed by atoms with E-state index in [2.05, 4.69) is 31.4 Å². The molecule has 2 aromatic heterocycles. The Hall–Kier alpha value is -3.46. The van der Waals surface area contributed by atoms with Crippen LogP contribution in [0, 0.1) is 12.7 Å². The molecule has 9 heteroatoms. The van der Waals surface area contributed by atoms with Gasteiger partial charge in [0.1, 0.15) is 19.0 Å². The fourth-order valence-corrected chi connectivity index (χ4v) is 3.85. The van der Waals surface area contributed by atoms with Crippen LogP contribution in [0.4, 0.5) is 10.1 Å². The SMILES string of the molecule is Cc1noc2nc(-c3ccccc3F)cc(C(=O)Nc3cc4c(cc3Br)OCCO4)c12. The molecule has 0 saturated heterocycles. The molecule has 7 nitrogen and oxygen atoms in total. The number of halogens is 2. The fourth-order valence-electron chi connectivity index (χ4n) is 3.43. The molecule has 0 radical (unpaired) electrons. The third-order valence-corrected chi connectivity index (χ3v) is 5.55. The number of pyridine rings is 1. The van der Waals surface area contributed by atoms with E-state index >= 15 is 0 Å². The monoisotopic (exact) mass is 483 g/mol. The molecule has 31 heavy (non-hydrogen) atoms. The number of aromatic nitrogens is 2. The fraction of sp³-hybridized carbons (Fsp3) is 0.136. The molecule has 1 aliphatic rings. The second-order valence-electron chi connectivity index (χ2n) is 6.91. The second-order valence-corrected chi connectivity index (χ2v) is 7.77. The molecule has 1 aliphatic heterocycles. The predicted octanol–water partition coefficient (Wildman–Crippen LogP) is 5.12. The highest BCUT2D eigenvalue weighted by Crippen LogP contribution is 2.38. The molecule has 5 rings (SSSR count). The average molecular weight is 484 g/mol. The van der Waals surface area contributed by atoms with Crippen molar-refractivity contribution in [3.8, 4) is 22.8 Å². The van der Waals surface area contributed by atoms with Crippen LogP contribution in [0.15, 0.2) is 51.5 Å². The van der Waals surface area contributed by atoms with Crippen molar-refractivity contribution >= 4 is 38.6 Å². The van der Waals surface area contributed by atoms with E-state index in [1.807, 2.05) is 0 Å². The third-order valence-electron chi connectivity index (χ3n) is 4.89. The Kier molecular flexibility index (Phi) is 4.82. The van der Waals surface area contributed by atoms with Gasteiger partial charge in [0, 0.05) is 22.2 Å². The molecule has 0 saturated carbocycles. The molecule has 0 unspecified atom stereocenters. The summed E-state index contributed by atoms with van der Waals surface area (Å²) in [4.78, 5) is 17.6. The molecule has 0 aliphatic carbocycles. The summed E-state index contributed by atoms with van der Waals surface area (Å²) in [5, 5.41) is 7.25. The Morgan fingerprint density at radius 3 is 2.65 bits per heavy atom. The minimum Gasteiger partial charge on any atom is -0.486 e. The maximum absolute atomic E-state index is 14.4. The number of nitrogens with one attached hydrogen (secondary N) is 1. The topological polar surface area (TPSA) is 86.5 Å². The third kappa shape index (κ3) is 3.50. The molecule has 0 atom stereocenters. The van der Waals surface area contributed by atoms with E-state index in [1.54, 1.807) is 37.3 Å². The van der Waals surface area contributed by atoms with Gasteiger partial charge in [0.15, 0.2) is 11.5 Å². The van der Waals surface area contributed by atoms with E-state index in [0.29, 0.717) is 46.0 Å². The number of fused-ring (bicyclic) bond motifs is 2. The van der Waals surface area contributed by atoms with Gasteiger partial charge in [-0.1, -0.05) is 17.3 Å². The molecule has 3 heterocycles. The van der Waals surface area contributed by atoms with Crippen LogP contribution in [0.2, 0.25) is 0 Å². The average Bonchev–Trinajstić information content (AvgIpc) is 3.14. The van der Waals surface area contributed by atoms with Gasteiger partial charge in [-0.2, -0.15) is 0 Å². The van der Waals surface area contributed by atoms with Gasteiger partial charge in [-0.25, -0.2) is 9.37 Å². The zero-order valence-electron chi connectivity index (χ0n) is 16.2. The minimum absolute atomic E-state index is 0.157. The summed E-state index contributed by atoms with van der Waals surface area (Å²) in [6.07, 6.45) is 0. The van der Waals surface area contributed by atoms with Crippen LogP contribution in [0.25, 0.3) is 22.4 Å². The Labute approximate surface area is 184 Å². The van der Waals surface area contributed by atoms with Crippen LogP contribution in [-0.4, -0.2) is 29.3 Å². The Balaban J connectivity index is 1.59. The Bertz CT molecular complexity index is 1340. The number of ether oxygens (including phenoxy) is 2. The lowest BCUT2D eigenvalue weighted by atomic mass is 10.0. The molecule has 1 N–H and O–H groups in total. The van der Waals surface area contributed by atoms with Crippen LogP contribution in [0.5, 0.6) is 11.5 Å². The normalized spacial score (nSPS) is 12.7. The molecule has 2 aromatic carbocycles. The largest absolute Gasteiger partial charge is 0.486 e. The quantitative estimate of drug-likeness (QED) is 0.434. The first-order valence-corrected chi connectivity index (χ1v) is 10.2. The maximum atomic E-state index is 14.4. The van der Waals surface area contributed by atoms with Crippen molar-refractivity contribution in [1.29, 1.82) is 0 Å². The number of nitrogens with zero attached hydrogens (tertiary/aromatic N) is 2. The van der Waals surface area contributed by atoms with Gasteiger partial charge >= 0.3 is 0 Å². The molecular weight excluding hydrogens is 469 g/mol. The molecule has 0 spiro atoms. The zero-order valence-corrected chi connectivity index (χ0v) is 17.8. The van der Waals surface area contributed by atoms with Crippen molar-refractivity contribution in [3.63, 3.8) is 0 Å². The highest BCUT2D eigenvalue weighted by molar-refractivity contribution is 9.10. The number of anilines is 1. The van der Waals surface area contributed by atoms with E-state index in [9.17, 15) is 9.18 Å². The highest BCUT2D eigenvalue weighted by atomic mass is 79.9. The number of aryl methyl sites for hydroxylation is 1. The van der Waals surface area contributed by atoms with Crippen LogP contribution in [-0.2, 0) is 0 Å².